The van der Waals surface area contributed by atoms with Gasteiger partial charge in [0.15, 0.2) is 10.3 Å². The van der Waals surface area contributed by atoms with Crippen molar-refractivity contribution in [1.29, 1.82) is 0 Å². The minimum absolute atomic E-state index is 0.0545. The molecule has 0 aliphatic heterocycles. The Morgan fingerprint density at radius 2 is 2.04 bits per heavy atom. The van der Waals surface area contributed by atoms with Crippen molar-refractivity contribution in [1.82, 2.24) is 19.7 Å². The summed E-state index contributed by atoms with van der Waals surface area (Å²) in [6.07, 6.45) is 1.56. The van der Waals surface area contributed by atoms with Crippen molar-refractivity contribution in [2.45, 2.75) is 25.0 Å². The third-order valence-corrected chi connectivity index (χ3v) is 5.24. The summed E-state index contributed by atoms with van der Waals surface area (Å²) >= 11 is 2.55. The highest BCUT2D eigenvalue weighted by Crippen LogP contribution is 2.19. The molecule has 0 spiro atoms. The third kappa shape index (κ3) is 5.14. The van der Waals surface area contributed by atoms with Crippen LogP contribution in [-0.2, 0) is 22.6 Å². The lowest BCUT2D eigenvalue weighted by molar-refractivity contribution is -0.116. The van der Waals surface area contributed by atoms with Gasteiger partial charge in [0, 0.05) is 18.1 Å². The number of nitrogens with one attached hydrogen (secondary N) is 2. The number of rotatable bonds is 8. The molecular formula is C17H17FN6O2S2. The van der Waals surface area contributed by atoms with E-state index >= 15 is 0 Å². The minimum Gasteiger partial charge on any atom is -0.323 e. The standard InChI is InChI=1S/C17H17FN6O2S2/c1-2-24-13(9-14(25)20-12-6-4-3-5-11(12)18)22-23-17(24)28-10-15(26)21-16-19-7-8-27-16/h3-8H,2,9-10H2,1H3,(H,20,25)(H,19,21,26). The summed E-state index contributed by atoms with van der Waals surface area (Å²) in [5.41, 5.74) is 0.114. The summed E-state index contributed by atoms with van der Waals surface area (Å²) in [6.45, 7) is 2.42. The van der Waals surface area contributed by atoms with Crippen molar-refractivity contribution in [3.8, 4) is 0 Å². The van der Waals surface area contributed by atoms with Gasteiger partial charge in [-0.25, -0.2) is 9.37 Å². The van der Waals surface area contributed by atoms with Gasteiger partial charge in [-0.15, -0.1) is 21.5 Å². The third-order valence-electron chi connectivity index (χ3n) is 3.59. The van der Waals surface area contributed by atoms with Gasteiger partial charge in [-0.1, -0.05) is 23.9 Å². The predicted molar refractivity (Wildman–Crippen MR) is 106 cm³/mol. The maximum absolute atomic E-state index is 13.7. The van der Waals surface area contributed by atoms with E-state index < -0.39 is 11.7 Å². The van der Waals surface area contributed by atoms with Crippen molar-refractivity contribution in [3.05, 3.63) is 47.5 Å². The summed E-state index contributed by atoms with van der Waals surface area (Å²) in [6, 6.07) is 5.95. The number of amides is 2. The van der Waals surface area contributed by atoms with Gasteiger partial charge < -0.3 is 15.2 Å². The van der Waals surface area contributed by atoms with Crippen molar-refractivity contribution >= 4 is 45.7 Å². The Morgan fingerprint density at radius 3 is 2.75 bits per heavy atom. The molecule has 2 amide bonds. The number of anilines is 2. The smallest absolute Gasteiger partial charge is 0.236 e. The Labute approximate surface area is 168 Å². The fraction of sp³-hybridized carbons (Fsp3) is 0.235. The van der Waals surface area contributed by atoms with Crippen LogP contribution in [0.4, 0.5) is 15.2 Å². The van der Waals surface area contributed by atoms with Crippen LogP contribution in [-0.4, -0.2) is 37.3 Å². The van der Waals surface area contributed by atoms with E-state index in [-0.39, 0.29) is 23.8 Å². The van der Waals surface area contributed by atoms with E-state index in [0.29, 0.717) is 22.7 Å². The van der Waals surface area contributed by atoms with E-state index in [1.165, 1.54) is 35.2 Å². The zero-order valence-electron chi connectivity index (χ0n) is 14.9. The highest BCUT2D eigenvalue weighted by Gasteiger charge is 2.17. The molecule has 8 nitrogen and oxygen atoms in total. The quantitative estimate of drug-likeness (QED) is 0.544. The number of thiazole rings is 1. The number of aromatic nitrogens is 4. The van der Waals surface area contributed by atoms with Crippen LogP contribution >= 0.6 is 23.1 Å². The number of carbonyl (C=O) groups excluding carboxylic acids is 2. The number of thioether (sulfide) groups is 1. The van der Waals surface area contributed by atoms with Crippen molar-refractivity contribution < 1.29 is 14.0 Å². The Hall–Kier alpha value is -2.79. The van der Waals surface area contributed by atoms with E-state index in [9.17, 15) is 14.0 Å². The van der Waals surface area contributed by atoms with Crippen LogP contribution in [0.25, 0.3) is 0 Å². The highest BCUT2D eigenvalue weighted by molar-refractivity contribution is 7.99. The lowest BCUT2D eigenvalue weighted by Crippen LogP contribution is -2.18. The zero-order chi connectivity index (χ0) is 19.9. The van der Waals surface area contributed by atoms with E-state index in [2.05, 4.69) is 25.8 Å². The molecule has 2 heterocycles. The lowest BCUT2D eigenvalue weighted by Gasteiger charge is -2.08. The van der Waals surface area contributed by atoms with Gasteiger partial charge in [-0.3, -0.25) is 9.59 Å². The molecular weight excluding hydrogens is 403 g/mol. The fourth-order valence-corrected chi connectivity index (χ4v) is 3.71. The molecule has 0 saturated carbocycles. The number of hydrogen-bond acceptors (Lipinski definition) is 7. The number of carbonyl (C=O) groups is 2. The van der Waals surface area contributed by atoms with Crippen molar-refractivity contribution in [2.24, 2.45) is 0 Å². The minimum atomic E-state index is -0.504. The number of nitrogens with zero attached hydrogens (tertiary/aromatic N) is 4. The first-order valence-corrected chi connectivity index (χ1v) is 10.2. The molecule has 2 aromatic heterocycles. The topological polar surface area (TPSA) is 102 Å². The summed E-state index contributed by atoms with van der Waals surface area (Å²) in [5, 5.41) is 16.2. The van der Waals surface area contributed by atoms with Crippen LogP contribution in [0, 0.1) is 5.82 Å². The largest absolute Gasteiger partial charge is 0.323 e. The lowest BCUT2D eigenvalue weighted by atomic mass is 10.3. The van der Waals surface area contributed by atoms with Gasteiger partial charge in [-0.05, 0) is 19.1 Å². The van der Waals surface area contributed by atoms with Crippen LogP contribution < -0.4 is 10.6 Å². The van der Waals surface area contributed by atoms with E-state index in [4.69, 9.17) is 0 Å². The molecule has 0 aliphatic rings. The van der Waals surface area contributed by atoms with Gasteiger partial charge in [0.1, 0.15) is 11.6 Å². The Kier molecular flexibility index (Phi) is 6.71. The summed E-state index contributed by atoms with van der Waals surface area (Å²) in [4.78, 5) is 28.2. The second kappa shape index (κ2) is 9.42. The van der Waals surface area contributed by atoms with Gasteiger partial charge in [0.2, 0.25) is 11.8 Å². The number of benzene rings is 1. The SMILES string of the molecule is CCn1c(CC(=O)Nc2ccccc2F)nnc1SCC(=O)Nc1nccs1. The van der Waals surface area contributed by atoms with Gasteiger partial charge in [-0.2, -0.15) is 0 Å². The molecule has 11 heteroatoms. The number of hydrogen-bond donors (Lipinski definition) is 2. The predicted octanol–water partition coefficient (Wildman–Crippen LogP) is 2.81. The summed E-state index contributed by atoms with van der Waals surface area (Å²) < 4.78 is 15.4. The summed E-state index contributed by atoms with van der Waals surface area (Å²) in [5.74, 6) is -0.525. The van der Waals surface area contributed by atoms with E-state index in [0.717, 1.165) is 0 Å². The molecule has 0 atom stereocenters. The van der Waals surface area contributed by atoms with Crippen LogP contribution in [0.15, 0.2) is 41.0 Å². The molecule has 146 valence electrons. The molecule has 3 aromatic rings. The number of para-hydroxylation sites is 1. The Morgan fingerprint density at radius 1 is 1.21 bits per heavy atom. The second-order valence-corrected chi connectivity index (χ2v) is 7.36. The molecule has 0 unspecified atom stereocenters. The Balaban J connectivity index is 1.59. The summed E-state index contributed by atoms with van der Waals surface area (Å²) in [7, 11) is 0. The highest BCUT2D eigenvalue weighted by atomic mass is 32.2. The molecule has 28 heavy (non-hydrogen) atoms. The number of halogens is 1. The van der Waals surface area contributed by atoms with Gasteiger partial charge in [0.05, 0.1) is 17.9 Å². The fourth-order valence-electron chi connectivity index (χ4n) is 2.35. The van der Waals surface area contributed by atoms with Crippen LogP contribution in [0.1, 0.15) is 12.7 Å². The first-order valence-electron chi connectivity index (χ1n) is 8.35. The van der Waals surface area contributed by atoms with Crippen LogP contribution in [0.2, 0.25) is 0 Å². The zero-order valence-corrected chi connectivity index (χ0v) is 16.5. The molecule has 0 bridgehead atoms. The van der Waals surface area contributed by atoms with Crippen LogP contribution in [0.3, 0.4) is 0 Å². The molecule has 0 fully saturated rings. The normalized spacial score (nSPS) is 10.6. The molecule has 0 saturated heterocycles. The first-order chi connectivity index (χ1) is 13.6. The van der Waals surface area contributed by atoms with Crippen molar-refractivity contribution in [3.63, 3.8) is 0 Å². The maximum atomic E-state index is 13.7. The molecule has 3 rings (SSSR count). The maximum Gasteiger partial charge on any atom is 0.236 e. The molecule has 1 aromatic carbocycles. The van der Waals surface area contributed by atoms with Crippen molar-refractivity contribution in [2.75, 3.05) is 16.4 Å². The monoisotopic (exact) mass is 420 g/mol. The average Bonchev–Trinajstić information content (AvgIpc) is 3.31. The second-order valence-electron chi connectivity index (χ2n) is 5.52. The van der Waals surface area contributed by atoms with E-state index in [1.807, 2.05) is 6.92 Å². The van der Waals surface area contributed by atoms with Gasteiger partial charge in [0.25, 0.3) is 0 Å². The average molecular weight is 420 g/mol. The van der Waals surface area contributed by atoms with Crippen LogP contribution in [0.5, 0.6) is 0 Å². The van der Waals surface area contributed by atoms with E-state index in [1.54, 1.807) is 28.3 Å². The Bertz CT molecular complexity index is 960. The first kappa shape index (κ1) is 20.0. The van der Waals surface area contributed by atoms with Gasteiger partial charge >= 0.3 is 0 Å². The molecule has 0 radical (unpaired) electrons. The molecule has 2 N–H and O–H groups in total. The molecule has 0 aliphatic carbocycles.